The van der Waals surface area contributed by atoms with E-state index in [1.807, 2.05) is 0 Å². The number of benzene rings is 1. The van der Waals surface area contributed by atoms with Gasteiger partial charge in [-0.1, -0.05) is 11.6 Å². The molecule has 0 aliphatic carbocycles. The Hall–Kier alpha value is -2.34. The van der Waals surface area contributed by atoms with Gasteiger partial charge >= 0.3 is 5.97 Å². The van der Waals surface area contributed by atoms with E-state index >= 15 is 0 Å². The Morgan fingerprint density at radius 3 is 2.79 bits per heavy atom. The van der Waals surface area contributed by atoms with Gasteiger partial charge in [0.25, 0.3) is 0 Å². The molecule has 0 aliphatic rings. The first kappa shape index (κ1) is 13.1. The summed E-state index contributed by atoms with van der Waals surface area (Å²) in [5.74, 6) is -1.70. The van der Waals surface area contributed by atoms with Crippen LogP contribution in [0, 0.1) is 5.82 Å². The van der Waals surface area contributed by atoms with Crippen molar-refractivity contribution in [1.29, 1.82) is 0 Å². The molecule has 98 valence electrons. The van der Waals surface area contributed by atoms with Crippen LogP contribution < -0.4 is 10.5 Å². The Morgan fingerprint density at radius 2 is 2.16 bits per heavy atom. The highest BCUT2D eigenvalue weighted by Gasteiger charge is 2.11. The topological polar surface area (TPSA) is 85.4 Å². The van der Waals surface area contributed by atoms with Crippen LogP contribution in [0.3, 0.4) is 0 Å². The second kappa shape index (κ2) is 5.11. The minimum Gasteiger partial charge on any atom is -0.478 e. The van der Waals surface area contributed by atoms with Crippen LogP contribution in [0.2, 0.25) is 5.02 Å². The fraction of sp³-hybridized carbons (Fsp3) is 0. The fourth-order valence-corrected chi connectivity index (χ4v) is 1.47. The Morgan fingerprint density at radius 1 is 1.42 bits per heavy atom. The molecule has 0 bridgehead atoms. The van der Waals surface area contributed by atoms with Crippen LogP contribution in [0.5, 0.6) is 11.6 Å². The summed E-state index contributed by atoms with van der Waals surface area (Å²) in [5.41, 5.74) is 5.33. The van der Waals surface area contributed by atoms with E-state index in [-0.39, 0.29) is 27.9 Å². The van der Waals surface area contributed by atoms with Gasteiger partial charge in [0.1, 0.15) is 11.6 Å². The molecule has 0 amide bonds. The number of anilines is 1. The number of carboxylic acid groups (broad SMARTS) is 1. The van der Waals surface area contributed by atoms with Crippen molar-refractivity contribution in [3.63, 3.8) is 0 Å². The highest BCUT2D eigenvalue weighted by molar-refractivity contribution is 6.30. The van der Waals surface area contributed by atoms with Crippen LogP contribution >= 0.6 is 11.6 Å². The van der Waals surface area contributed by atoms with Gasteiger partial charge in [-0.3, -0.25) is 0 Å². The van der Waals surface area contributed by atoms with Gasteiger partial charge in [-0.15, -0.1) is 0 Å². The Labute approximate surface area is 112 Å². The summed E-state index contributed by atoms with van der Waals surface area (Å²) in [6, 6.07) is 4.98. The highest BCUT2D eigenvalue weighted by atomic mass is 35.5. The predicted molar refractivity (Wildman–Crippen MR) is 67.1 cm³/mol. The van der Waals surface area contributed by atoms with E-state index in [0.717, 1.165) is 18.3 Å². The van der Waals surface area contributed by atoms with Gasteiger partial charge < -0.3 is 15.6 Å². The second-order valence-electron chi connectivity index (χ2n) is 3.59. The number of carbonyl (C=O) groups is 1. The zero-order valence-corrected chi connectivity index (χ0v) is 10.2. The number of hydrogen-bond acceptors (Lipinski definition) is 4. The predicted octanol–water partition coefficient (Wildman–Crippen LogP) is 2.95. The van der Waals surface area contributed by atoms with E-state index in [4.69, 9.17) is 27.2 Å². The van der Waals surface area contributed by atoms with Crippen LogP contribution in [0.15, 0.2) is 30.5 Å². The summed E-state index contributed by atoms with van der Waals surface area (Å²) in [7, 11) is 0. The number of aromatic carboxylic acids is 1. The molecule has 0 fully saturated rings. The van der Waals surface area contributed by atoms with Gasteiger partial charge in [0.15, 0.2) is 0 Å². The smallest absolute Gasteiger partial charge is 0.338 e. The second-order valence-corrected chi connectivity index (χ2v) is 4.00. The molecule has 0 saturated heterocycles. The highest BCUT2D eigenvalue weighted by Crippen LogP contribution is 2.25. The monoisotopic (exact) mass is 282 g/mol. The number of nitrogen functional groups attached to an aromatic ring is 1. The van der Waals surface area contributed by atoms with Crippen molar-refractivity contribution in [1.82, 2.24) is 4.98 Å². The van der Waals surface area contributed by atoms with Crippen molar-refractivity contribution in [2.45, 2.75) is 0 Å². The van der Waals surface area contributed by atoms with Crippen molar-refractivity contribution < 1.29 is 19.0 Å². The maximum absolute atomic E-state index is 13.2. The normalized spacial score (nSPS) is 10.2. The maximum atomic E-state index is 13.2. The van der Waals surface area contributed by atoms with Crippen LogP contribution in [0.1, 0.15) is 10.4 Å². The molecule has 5 nitrogen and oxygen atoms in total. The molecule has 0 unspecified atom stereocenters. The number of nitrogens with zero attached hydrogens (tertiary/aromatic N) is 1. The molecule has 0 atom stereocenters. The lowest BCUT2D eigenvalue weighted by atomic mass is 10.2. The lowest BCUT2D eigenvalue weighted by Crippen LogP contribution is -2.03. The molecule has 2 rings (SSSR count). The first-order chi connectivity index (χ1) is 8.97. The van der Waals surface area contributed by atoms with E-state index < -0.39 is 11.8 Å². The maximum Gasteiger partial charge on any atom is 0.338 e. The third-order valence-electron chi connectivity index (χ3n) is 2.25. The summed E-state index contributed by atoms with van der Waals surface area (Å²) >= 11 is 5.53. The summed E-state index contributed by atoms with van der Waals surface area (Å²) < 4.78 is 18.4. The molecular formula is C12H8ClFN2O3. The first-order valence-electron chi connectivity index (χ1n) is 5.09. The van der Waals surface area contributed by atoms with E-state index in [9.17, 15) is 9.18 Å². The number of pyridine rings is 1. The van der Waals surface area contributed by atoms with Crippen molar-refractivity contribution in [3.05, 3.63) is 46.9 Å². The van der Waals surface area contributed by atoms with Gasteiger partial charge in [-0.05, 0) is 12.1 Å². The summed E-state index contributed by atoms with van der Waals surface area (Å²) in [5, 5.41) is 8.86. The SMILES string of the molecule is Nc1cnc(Oc2ccc(Cl)c(F)c2)cc1C(=O)O. The van der Waals surface area contributed by atoms with Crippen LogP contribution in [0.25, 0.3) is 0 Å². The van der Waals surface area contributed by atoms with E-state index in [0.29, 0.717) is 0 Å². The molecular weight excluding hydrogens is 275 g/mol. The van der Waals surface area contributed by atoms with Gasteiger partial charge in [-0.2, -0.15) is 0 Å². The summed E-state index contributed by atoms with van der Waals surface area (Å²) in [4.78, 5) is 14.7. The van der Waals surface area contributed by atoms with Crippen LogP contribution in [-0.2, 0) is 0 Å². The molecule has 0 radical (unpaired) electrons. The molecule has 0 spiro atoms. The van der Waals surface area contributed by atoms with E-state index in [2.05, 4.69) is 4.98 Å². The number of aromatic nitrogens is 1. The summed E-state index contributed by atoms with van der Waals surface area (Å²) in [6.45, 7) is 0. The standard InChI is InChI=1S/C12H8ClFN2O3/c13-8-2-1-6(3-9(8)14)19-11-4-7(12(17)18)10(15)5-16-11/h1-5H,15H2,(H,17,18). The molecule has 1 heterocycles. The van der Waals surface area contributed by atoms with Gasteiger partial charge in [0.05, 0.1) is 22.5 Å². The Bertz CT molecular complexity index is 649. The minimum atomic E-state index is -1.20. The third-order valence-corrected chi connectivity index (χ3v) is 2.56. The average molecular weight is 283 g/mol. The number of rotatable bonds is 3. The number of nitrogens with two attached hydrogens (primary N) is 1. The minimum absolute atomic E-state index is 0.00618. The lowest BCUT2D eigenvalue weighted by Gasteiger charge is -2.07. The summed E-state index contributed by atoms with van der Waals surface area (Å²) in [6.07, 6.45) is 1.16. The largest absolute Gasteiger partial charge is 0.478 e. The zero-order chi connectivity index (χ0) is 14.0. The van der Waals surface area contributed by atoms with E-state index in [1.54, 1.807) is 0 Å². The first-order valence-corrected chi connectivity index (χ1v) is 5.47. The number of hydrogen-bond donors (Lipinski definition) is 2. The van der Waals surface area contributed by atoms with Crippen molar-refractivity contribution in [2.75, 3.05) is 5.73 Å². The molecule has 1 aromatic carbocycles. The Balaban J connectivity index is 2.30. The lowest BCUT2D eigenvalue weighted by molar-refractivity contribution is 0.0697. The molecule has 2 aromatic rings. The average Bonchev–Trinajstić information content (AvgIpc) is 2.36. The van der Waals surface area contributed by atoms with Gasteiger partial charge in [-0.25, -0.2) is 14.2 Å². The van der Waals surface area contributed by atoms with E-state index in [1.165, 1.54) is 12.1 Å². The molecule has 0 saturated carbocycles. The number of halogens is 2. The van der Waals surface area contributed by atoms with Gasteiger partial charge in [0.2, 0.25) is 5.88 Å². The number of ether oxygens (including phenoxy) is 1. The Kier molecular flexibility index (Phi) is 3.52. The van der Waals surface area contributed by atoms with Crippen molar-refractivity contribution in [3.8, 4) is 11.6 Å². The third kappa shape index (κ3) is 2.92. The zero-order valence-electron chi connectivity index (χ0n) is 9.43. The molecule has 7 heteroatoms. The number of carboxylic acids is 1. The molecule has 19 heavy (non-hydrogen) atoms. The fourth-order valence-electron chi connectivity index (χ4n) is 1.35. The van der Waals surface area contributed by atoms with Crippen LogP contribution in [0.4, 0.5) is 10.1 Å². The van der Waals surface area contributed by atoms with Crippen molar-refractivity contribution in [2.24, 2.45) is 0 Å². The molecule has 0 aliphatic heterocycles. The van der Waals surface area contributed by atoms with Crippen molar-refractivity contribution >= 4 is 23.3 Å². The quantitative estimate of drug-likeness (QED) is 0.904. The molecule has 1 aromatic heterocycles. The molecule has 3 N–H and O–H groups in total. The van der Waals surface area contributed by atoms with Crippen LogP contribution in [-0.4, -0.2) is 16.1 Å². The van der Waals surface area contributed by atoms with Gasteiger partial charge in [0, 0.05) is 12.1 Å².